The van der Waals surface area contributed by atoms with Crippen LogP contribution in [0.25, 0.3) is 0 Å². The Morgan fingerprint density at radius 3 is 2.76 bits per heavy atom. The average molecular weight is 316 g/mol. The molecule has 4 nitrogen and oxygen atoms in total. The quantitative estimate of drug-likeness (QED) is 0.786. The molecule has 1 aromatic carbocycles. The first-order valence-corrected chi connectivity index (χ1v) is 6.78. The van der Waals surface area contributed by atoms with Crippen LogP contribution < -0.4 is 9.64 Å². The Morgan fingerprint density at radius 1 is 1.33 bits per heavy atom. The van der Waals surface area contributed by atoms with Crippen LogP contribution in [0.1, 0.15) is 12.8 Å². The highest BCUT2D eigenvalue weighted by molar-refractivity contribution is 7.80. The van der Waals surface area contributed by atoms with Crippen LogP contribution in [0.5, 0.6) is 5.75 Å². The van der Waals surface area contributed by atoms with Crippen molar-refractivity contribution in [3.8, 4) is 5.75 Å². The maximum absolute atomic E-state index is 12.3. The molecule has 112 valence electrons. The minimum atomic E-state index is -4.77. The molecule has 0 saturated carbocycles. The van der Waals surface area contributed by atoms with Gasteiger partial charge in [-0.1, -0.05) is 6.07 Å². The van der Waals surface area contributed by atoms with Crippen molar-refractivity contribution < 1.29 is 22.7 Å². The molecule has 0 bridgehead atoms. The van der Waals surface area contributed by atoms with Gasteiger partial charge >= 0.3 is 6.36 Å². The van der Waals surface area contributed by atoms with Crippen LogP contribution in [0, 0.1) is 0 Å². The number of nitrogens with zero attached hydrogens (tertiary/aromatic N) is 2. The molecule has 2 aliphatic heterocycles. The topological polar surface area (TPSA) is 32.8 Å². The molecular weight excluding hydrogens is 305 g/mol. The van der Waals surface area contributed by atoms with Crippen molar-refractivity contribution in [3.63, 3.8) is 0 Å². The van der Waals surface area contributed by atoms with Crippen molar-refractivity contribution >= 4 is 28.9 Å². The number of thiocarbonyl (C=S) groups is 1. The molecule has 0 aliphatic carbocycles. The first kappa shape index (κ1) is 14.1. The van der Waals surface area contributed by atoms with Crippen LogP contribution in [0.3, 0.4) is 0 Å². The smallest absolute Gasteiger partial charge is 0.406 e. The maximum atomic E-state index is 12.3. The van der Waals surface area contributed by atoms with Crippen LogP contribution in [-0.2, 0) is 4.79 Å². The summed E-state index contributed by atoms with van der Waals surface area (Å²) in [7, 11) is 0. The highest BCUT2D eigenvalue weighted by Crippen LogP contribution is 2.33. The standard InChI is InChI=1S/C13H11F3N2O2S/c14-13(15,16)20-9-4-1-3-8(7-9)18-11(19)10-5-2-6-17(10)12(18)21/h1,3-4,7,10H,2,5-6H2. The summed E-state index contributed by atoms with van der Waals surface area (Å²) < 4.78 is 40.6. The van der Waals surface area contributed by atoms with Gasteiger partial charge in [-0.15, -0.1) is 13.2 Å². The van der Waals surface area contributed by atoms with Crippen LogP contribution in [0.2, 0.25) is 0 Å². The Kier molecular flexibility index (Phi) is 3.27. The second-order valence-electron chi connectivity index (χ2n) is 4.85. The van der Waals surface area contributed by atoms with Crippen molar-refractivity contribution in [2.45, 2.75) is 25.2 Å². The zero-order valence-corrected chi connectivity index (χ0v) is 11.6. The molecule has 0 spiro atoms. The Morgan fingerprint density at radius 2 is 2.10 bits per heavy atom. The van der Waals surface area contributed by atoms with E-state index in [0.29, 0.717) is 23.8 Å². The van der Waals surface area contributed by atoms with E-state index < -0.39 is 6.36 Å². The van der Waals surface area contributed by atoms with E-state index in [1.54, 1.807) is 0 Å². The number of ether oxygens (including phenoxy) is 1. The van der Waals surface area contributed by atoms with E-state index in [4.69, 9.17) is 12.2 Å². The van der Waals surface area contributed by atoms with Gasteiger partial charge in [0, 0.05) is 12.6 Å². The summed E-state index contributed by atoms with van der Waals surface area (Å²) in [5.41, 5.74) is 0.293. The molecule has 1 aromatic rings. The van der Waals surface area contributed by atoms with E-state index in [1.807, 2.05) is 4.90 Å². The fourth-order valence-corrected chi connectivity index (χ4v) is 3.10. The van der Waals surface area contributed by atoms with E-state index in [2.05, 4.69) is 4.74 Å². The highest BCUT2D eigenvalue weighted by Gasteiger charge is 2.45. The molecule has 1 amide bonds. The zero-order valence-electron chi connectivity index (χ0n) is 10.8. The molecule has 2 heterocycles. The number of carbonyl (C=O) groups excluding carboxylic acids is 1. The Hall–Kier alpha value is -1.83. The van der Waals surface area contributed by atoms with E-state index in [1.165, 1.54) is 29.2 Å². The van der Waals surface area contributed by atoms with Crippen molar-refractivity contribution in [1.82, 2.24) is 4.90 Å². The number of rotatable bonds is 2. The fraction of sp³-hybridized carbons (Fsp3) is 0.385. The van der Waals surface area contributed by atoms with Gasteiger partial charge in [0.1, 0.15) is 11.8 Å². The van der Waals surface area contributed by atoms with Crippen LogP contribution in [-0.4, -0.2) is 34.9 Å². The van der Waals surface area contributed by atoms with E-state index in [0.717, 1.165) is 6.42 Å². The zero-order chi connectivity index (χ0) is 15.2. The molecular formula is C13H11F3N2O2S. The van der Waals surface area contributed by atoms with Crippen molar-refractivity contribution in [1.29, 1.82) is 0 Å². The van der Waals surface area contributed by atoms with E-state index >= 15 is 0 Å². The molecule has 21 heavy (non-hydrogen) atoms. The molecule has 0 aromatic heterocycles. The fourth-order valence-electron chi connectivity index (χ4n) is 2.68. The van der Waals surface area contributed by atoms with Gasteiger partial charge in [-0.05, 0) is 37.2 Å². The normalized spacial score (nSPS) is 22.0. The van der Waals surface area contributed by atoms with Gasteiger partial charge in [0.2, 0.25) is 0 Å². The van der Waals surface area contributed by atoms with Crippen LogP contribution in [0.15, 0.2) is 24.3 Å². The summed E-state index contributed by atoms with van der Waals surface area (Å²) in [6.07, 6.45) is -3.16. The Labute approximate surface area is 124 Å². The predicted molar refractivity (Wildman–Crippen MR) is 72.9 cm³/mol. The number of fused-ring (bicyclic) bond motifs is 1. The summed E-state index contributed by atoms with van der Waals surface area (Å²) in [4.78, 5) is 15.4. The molecule has 0 radical (unpaired) electrons. The summed E-state index contributed by atoms with van der Waals surface area (Å²) in [6, 6.07) is 5.00. The maximum Gasteiger partial charge on any atom is 0.573 e. The summed E-state index contributed by atoms with van der Waals surface area (Å²) in [5, 5.41) is 0.339. The second kappa shape index (κ2) is 4.87. The lowest BCUT2D eigenvalue weighted by atomic mass is 10.2. The largest absolute Gasteiger partial charge is 0.573 e. The predicted octanol–water partition coefficient (Wildman–Crippen LogP) is 2.68. The molecule has 0 N–H and O–H groups in total. The number of amides is 1. The number of halogens is 3. The number of hydrogen-bond acceptors (Lipinski definition) is 3. The van der Waals surface area contributed by atoms with Gasteiger partial charge in [-0.25, -0.2) is 0 Å². The first-order valence-electron chi connectivity index (χ1n) is 6.37. The van der Waals surface area contributed by atoms with Crippen molar-refractivity contribution in [2.24, 2.45) is 0 Å². The number of carbonyl (C=O) groups is 1. The summed E-state index contributed by atoms with van der Waals surface area (Å²) >= 11 is 5.26. The third-order valence-electron chi connectivity index (χ3n) is 3.50. The van der Waals surface area contributed by atoms with Crippen LogP contribution in [0.4, 0.5) is 18.9 Å². The average Bonchev–Trinajstić information content (AvgIpc) is 2.93. The van der Waals surface area contributed by atoms with Gasteiger partial charge in [0.05, 0.1) is 5.69 Å². The van der Waals surface area contributed by atoms with E-state index in [-0.39, 0.29) is 17.7 Å². The Bertz CT molecular complexity index is 583. The number of alkyl halides is 3. The Balaban J connectivity index is 1.89. The molecule has 2 saturated heterocycles. The lowest BCUT2D eigenvalue weighted by molar-refractivity contribution is -0.274. The first-order chi connectivity index (χ1) is 9.87. The highest BCUT2D eigenvalue weighted by atomic mass is 32.1. The lowest BCUT2D eigenvalue weighted by Crippen LogP contribution is -2.32. The van der Waals surface area contributed by atoms with Gasteiger partial charge in [0.15, 0.2) is 5.11 Å². The third kappa shape index (κ3) is 2.55. The van der Waals surface area contributed by atoms with Gasteiger partial charge in [0.25, 0.3) is 5.91 Å². The minimum Gasteiger partial charge on any atom is -0.406 e. The molecule has 3 rings (SSSR count). The minimum absolute atomic E-state index is 0.193. The molecule has 8 heteroatoms. The molecule has 1 unspecified atom stereocenters. The molecule has 2 fully saturated rings. The summed E-state index contributed by atoms with van der Waals surface area (Å²) in [6.45, 7) is 0.699. The third-order valence-corrected chi connectivity index (χ3v) is 3.92. The second-order valence-corrected chi connectivity index (χ2v) is 5.22. The van der Waals surface area contributed by atoms with Gasteiger partial charge in [-0.3, -0.25) is 9.69 Å². The molecule has 1 atom stereocenters. The van der Waals surface area contributed by atoms with Crippen molar-refractivity contribution in [3.05, 3.63) is 24.3 Å². The van der Waals surface area contributed by atoms with Gasteiger partial charge in [-0.2, -0.15) is 0 Å². The molecule has 2 aliphatic rings. The van der Waals surface area contributed by atoms with Crippen molar-refractivity contribution in [2.75, 3.05) is 11.4 Å². The SMILES string of the molecule is O=C1C2CCCN2C(=S)N1c1cccc(OC(F)(F)F)c1. The van der Waals surface area contributed by atoms with Crippen LogP contribution >= 0.6 is 12.2 Å². The summed E-state index contributed by atoms with van der Waals surface area (Å²) in [5.74, 6) is -0.565. The number of anilines is 1. The monoisotopic (exact) mass is 316 g/mol. The van der Waals surface area contributed by atoms with Gasteiger partial charge < -0.3 is 9.64 Å². The lowest BCUT2D eigenvalue weighted by Gasteiger charge is -2.19. The number of benzene rings is 1. The number of hydrogen-bond donors (Lipinski definition) is 0. The van der Waals surface area contributed by atoms with E-state index in [9.17, 15) is 18.0 Å².